The fourth-order valence-corrected chi connectivity index (χ4v) is 3.89. The van der Waals surface area contributed by atoms with Crippen LogP contribution in [0.15, 0.2) is 60.7 Å². The Morgan fingerprint density at radius 3 is 2.50 bits per heavy atom. The maximum atomic E-state index is 12.9. The zero-order valence-electron chi connectivity index (χ0n) is 20.5. The van der Waals surface area contributed by atoms with E-state index >= 15 is 0 Å². The summed E-state index contributed by atoms with van der Waals surface area (Å²) < 4.78 is 15.9. The van der Waals surface area contributed by atoms with E-state index in [1.54, 1.807) is 54.6 Å². The van der Waals surface area contributed by atoms with Crippen molar-refractivity contribution in [2.75, 3.05) is 25.8 Å². The molecule has 0 radical (unpaired) electrons. The van der Waals surface area contributed by atoms with Crippen LogP contribution in [0.3, 0.4) is 0 Å². The number of carbonyl (C=O) groups is 3. The summed E-state index contributed by atoms with van der Waals surface area (Å²) in [7, 11) is 1.45. The van der Waals surface area contributed by atoms with E-state index in [9.17, 15) is 19.5 Å². The zero-order chi connectivity index (χ0) is 27.1. The number of rotatable bonds is 10. The number of aromatic hydroxyl groups is 1. The van der Waals surface area contributed by atoms with Crippen LogP contribution in [-0.2, 0) is 11.2 Å². The van der Waals surface area contributed by atoms with Crippen LogP contribution >= 0.6 is 0 Å². The molecule has 1 unspecified atom stereocenters. The van der Waals surface area contributed by atoms with Crippen molar-refractivity contribution in [2.45, 2.75) is 18.9 Å². The van der Waals surface area contributed by atoms with Crippen molar-refractivity contribution in [3.8, 4) is 23.0 Å². The van der Waals surface area contributed by atoms with Crippen molar-refractivity contribution in [3.63, 3.8) is 0 Å². The highest BCUT2D eigenvalue weighted by molar-refractivity contribution is 5.94. The molecule has 5 N–H and O–H groups in total. The highest BCUT2D eigenvalue weighted by Gasteiger charge is 2.19. The molecule has 3 amide bonds. The first-order valence-electron chi connectivity index (χ1n) is 11.8. The number of fused-ring (bicyclic) bond motifs is 1. The second kappa shape index (κ2) is 11.9. The van der Waals surface area contributed by atoms with Crippen LogP contribution in [0.25, 0.3) is 0 Å². The van der Waals surface area contributed by atoms with Gasteiger partial charge in [0.05, 0.1) is 19.6 Å². The average molecular weight is 522 g/mol. The second-order valence-corrected chi connectivity index (χ2v) is 8.45. The van der Waals surface area contributed by atoms with Crippen molar-refractivity contribution in [1.82, 2.24) is 10.6 Å². The Kier molecular flexibility index (Phi) is 8.17. The Hall–Kier alpha value is -4.93. The van der Waals surface area contributed by atoms with E-state index in [0.29, 0.717) is 34.9 Å². The third-order valence-electron chi connectivity index (χ3n) is 5.82. The number of ether oxygens (including phenoxy) is 3. The summed E-state index contributed by atoms with van der Waals surface area (Å²) in [6.07, 6.45) is 0.180. The van der Waals surface area contributed by atoms with Crippen molar-refractivity contribution < 1.29 is 38.8 Å². The van der Waals surface area contributed by atoms with E-state index in [0.717, 1.165) is 11.1 Å². The minimum Gasteiger partial charge on any atom is -0.504 e. The number of urea groups is 1. The van der Waals surface area contributed by atoms with E-state index in [-0.39, 0.29) is 25.5 Å². The monoisotopic (exact) mass is 521 g/mol. The molecule has 11 heteroatoms. The fourth-order valence-electron chi connectivity index (χ4n) is 3.89. The predicted octanol–water partition coefficient (Wildman–Crippen LogP) is 3.44. The van der Waals surface area contributed by atoms with Crippen LogP contribution in [0, 0.1) is 0 Å². The molecule has 1 aliphatic rings. The van der Waals surface area contributed by atoms with Gasteiger partial charge in [-0.05, 0) is 53.9 Å². The predicted molar refractivity (Wildman–Crippen MR) is 137 cm³/mol. The van der Waals surface area contributed by atoms with Gasteiger partial charge < -0.3 is 40.4 Å². The van der Waals surface area contributed by atoms with Crippen molar-refractivity contribution in [1.29, 1.82) is 0 Å². The highest BCUT2D eigenvalue weighted by atomic mass is 16.7. The summed E-state index contributed by atoms with van der Waals surface area (Å²) >= 11 is 0. The number of carbonyl (C=O) groups excluding carboxylic acids is 2. The molecule has 4 rings (SSSR count). The lowest BCUT2D eigenvalue weighted by Crippen LogP contribution is -2.33. The van der Waals surface area contributed by atoms with Crippen LogP contribution in [0.5, 0.6) is 23.0 Å². The standard InChI is InChI=1S/C27H27N3O8/c1-36-23-13-16(2-8-21(23)31)12-20(17-3-5-18(6-4-17)26(34)28-11-10-25(32)33)30-27(35)29-19-7-9-22-24(14-19)38-15-37-22/h2-9,13-14,20,31H,10-12,15H2,1H3,(H,28,34)(H,32,33)(H2,29,30,35). The van der Waals surface area contributed by atoms with Crippen LogP contribution in [0.4, 0.5) is 10.5 Å². The Balaban J connectivity index is 1.50. The number of phenols is 1. The molecule has 38 heavy (non-hydrogen) atoms. The normalized spacial score (nSPS) is 12.3. The molecule has 0 aliphatic carbocycles. The fraction of sp³-hybridized carbons (Fsp3) is 0.222. The molecule has 1 atom stereocenters. The molecule has 0 fully saturated rings. The SMILES string of the molecule is COc1cc(CC(NC(=O)Nc2ccc3c(c2)OCO3)c2ccc(C(=O)NCCC(=O)O)cc2)ccc1O. The van der Waals surface area contributed by atoms with Gasteiger partial charge in [-0.25, -0.2) is 4.79 Å². The van der Waals surface area contributed by atoms with Gasteiger partial charge in [-0.2, -0.15) is 0 Å². The van der Waals surface area contributed by atoms with Gasteiger partial charge in [0, 0.05) is 23.9 Å². The number of hydrogen-bond acceptors (Lipinski definition) is 7. The maximum absolute atomic E-state index is 12.9. The van der Waals surface area contributed by atoms with Gasteiger partial charge in [0.1, 0.15) is 0 Å². The number of aliphatic carboxylic acids is 1. The molecule has 1 heterocycles. The Bertz CT molecular complexity index is 1330. The molecule has 3 aromatic carbocycles. The first-order valence-corrected chi connectivity index (χ1v) is 11.8. The van der Waals surface area contributed by atoms with Crippen LogP contribution in [-0.4, -0.2) is 48.6 Å². The lowest BCUT2D eigenvalue weighted by molar-refractivity contribution is -0.136. The summed E-state index contributed by atoms with van der Waals surface area (Å²) in [5.74, 6) is 0.0413. The number of hydrogen-bond donors (Lipinski definition) is 5. The number of methoxy groups -OCH3 is 1. The summed E-state index contributed by atoms with van der Waals surface area (Å²) in [6, 6.07) is 15.7. The third kappa shape index (κ3) is 6.64. The van der Waals surface area contributed by atoms with Crippen LogP contribution in [0.2, 0.25) is 0 Å². The maximum Gasteiger partial charge on any atom is 0.319 e. The number of benzene rings is 3. The van der Waals surface area contributed by atoms with Gasteiger partial charge in [0.2, 0.25) is 6.79 Å². The molecular weight excluding hydrogens is 494 g/mol. The van der Waals surface area contributed by atoms with Gasteiger partial charge >= 0.3 is 12.0 Å². The van der Waals surface area contributed by atoms with Gasteiger partial charge in [-0.15, -0.1) is 0 Å². The minimum atomic E-state index is -1.00. The van der Waals surface area contributed by atoms with E-state index in [2.05, 4.69) is 16.0 Å². The quantitative estimate of drug-likeness (QED) is 0.272. The third-order valence-corrected chi connectivity index (χ3v) is 5.82. The molecule has 11 nitrogen and oxygen atoms in total. The van der Waals surface area contributed by atoms with Gasteiger partial charge in [0.15, 0.2) is 23.0 Å². The molecule has 198 valence electrons. The van der Waals surface area contributed by atoms with Gasteiger partial charge in [0.25, 0.3) is 5.91 Å². The van der Waals surface area contributed by atoms with Crippen molar-refractivity contribution in [3.05, 3.63) is 77.4 Å². The number of phenolic OH excluding ortho intramolecular Hbond substituents is 1. The minimum absolute atomic E-state index is 0.000395. The molecule has 1 aliphatic heterocycles. The summed E-state index contributed by atoms with van der Waals surface area (Å²) in [5.41, 5.74) is 2.39. The first-order chi connectivity index (χ1) is 18.3. The molecular formula is C27H27N3O8. The number of carboxylic acids is 1. The number of nitrogens with one attached hydrogen (secondary N) is 3. The summed E-state index contributed by atoms with van der Waals surface area (Å²) in [5, 5.41) is 27.0. The lowest BCUT2D eigenvalue weighted by atomic mass is 9.97. The van der Waals surface area contributed by atoms with Crippen molar-refractivity contribution in [2.24, 2.45) is 0 Å². The van der Waals surface area contributed by atoms with Gasteiger partial charge in [-0.1, -0.05) is 18.2 Å². The molecule has 0 bridgehead atoms. The van der Waals surface area contributed by atoms with Gasteiger partial charge in [-0.3, -0.25) is 9.59 Å². The molecule has 3 aromatic rings. The number of amides is 3. The number of carboxylic acid groups (broad SMARTS) is 1. The highest BCUT2D eigenvalue weighted by Crippen LogP contribution is 2.34. The van der Waals surface area contributed by atoms with Crippen LogP contribution < -0.4 is 30.2 Å². The molecule has 0 saturated carbocycles. The Morgan fingerprint density at radius 1 is 1.00 bits per heavy atom. The van der Waals surface area contributed by atoms with E-state index in [1.807, 2.05) is 0 Å². The topological polar surface area (TPSA) is 155 Å². The molecule has 0 spiro atoms. The van der Waals surface area contributed by atoms with E-state index < -0.39 is 23.9 Å². The van der Waals surface area contributed by atoms with Crippen molar-refractivity contribution >= 4 is 23.6 Å². The summed E-state index contributed by atoms with van der Waals surface area (Å²) in [6.45, 7) is 0.138. The largest absolute Gasteiger partial charge is 0.504 e. The molecule has 0 saturated heterocycles. The molecule has 0 aromatic heterocycles. The van der Waals surface area contributed by atoms with Crippen LogP contribution in [0.1, 0.15) is 33.9 Å². The summed E-state index contributed by atoms with van der Waals surface area (Å²) in [4.78, 5) is 35.9. The van der Waals surface area contributed by atoms with E-state index in [4.69, 9.17) is 19.3 Å². The Labute approximate surface area is 218 Å². The average Bonchev–Trinajstić information content (AvgIpc) is 3.37. The second-order valence-electron chi connectivity index (χ2n) is 8.45. The van der Waals surface area contributed by atoms with E-state index in [1.165, 1.54) is 13.2 Å². The Morgan fingerprint density at radius 2 is 1.76 bits per heavy atom. The number of anilines is 1. The zero-order valence-corrected chi connectivity index (χ0v) is 20.5. The lowest BCUT2D eigenvalue weighted by Gasteiger charge is -2.21. The smallest absolute Gasteiger partial charge is 0.319 e. The first kappa shape index (κ1) is 26.1.